The summed E-state index contributed by atoms with van der Waals surface area (Å²) in [5.41, 5.74) is 6.70. The number of aromatic amines is 1. The molecule has 0 fully saturated rings. The largest absolute Gasteiger partial charge is 0.309 e. The van der Waals surface area contributed by atoms with Crippen LogP contribution in [0.5, 0.6) is 0 Å². The Hall–Kier alpha value is -3.07. The average Bonchev–Trinajstić information content (AvgIpc) is 2.84. The zero-order chi connectivity index (χ0) is 24.7. The molecule has 1 atom stereocenters. The van der Waals surface area contributed by atoms with E-state index in [2.05, 4.69) is 37.1 Å². The van der Waals surface area contributed by atoms with Crippen molar-refractivity contribution >= 4 is 40.6 Å². The third-order valence-corrected chi connectivity index (χ3v) is 5.40. The maximum absolute atomic E-state index is 12.5. The Morgan fingerprint density at radius 1 is 1.12 bits per heavy atom. The molecule has 1 amide bonds. The first kappa shape index (κ1) is 25.6. The molecule has 0 aliphatic carbocycles. The number of nitrogens with one attached hydrogen (secondary N) is 3. The van der Waals surface area contributed by atoms with Gasteiger partial charge in [-0.2, -0.15) is 4.98 Å². The molecule has 2 heterocycles. The zero-order valence-electron chi connectivity index (χ0n) is 17.1. The molecule has 0 aliphatic rings. The molecule has 3 aromatic rings. The summed E-state index contributed by atoms with van der Waals surface area (Å²) < 4.78 is 9.13. The van der Waals surface area contributed by atoms with Crippen molar-refractivity contribution in [1.29, 1.82) is 0 Å². The van der Waals surface area contributed by atoms with Crippen LogP contribution in [0.25, 0.3) is 11.2 Å². The van der Waals surface area contributed by atoms with Crippen molar-refractivity contribution in [3.8, 4) is 0 Å². The van der Waals surface area contributed by atoms with Gasteiger partial charge in [0.25, 0.3) is 0 Å². The summed E-state index contributed by atoms with van der Waals surface area (Å²) in [7, 11) is 0. The second kappa shape index (κ2) is 11.9. The summed E-state index contributed by atoms with van der Waals surface area (Å²) in [6, 6.07) is 5.43. The number of H-pyrrole nitrogens is 1. The molecule has 2 aromatic heterocycles. The number of aromatic nitrogens is 4. The van der Waals surface area contributed by atoms with Crippen LogP contribution in [0.4, 0.5) is 11.6 Å². The molecule has 34 heavy (non-hydrogen) atoms. The van der Waals surface area contributed by atoms with Gasteiger partial charge >= 0.3 is 164 Å². The third kappa shape index (κ3) is 6.73. The number of anilines is 2. The Kier molecular flexibility index (Phi) is 8.92. The van der Waals surface area contributed by atoms with Crippen LogP contribution in [0.15, 0.2) is 35.3 Å². The van der Waals surface area contributed by atoms with Crippen LogP contribution in [0.3, 0.4) is 0 Å². The second-order valence-corrected chi connectivity index (χ2v) is 7.68. The summed E-state index contributed by atoms with van der Waals surface area (Å²) in [6.45, 7) is 0.257. The number of nitrogens with two attached hydrogens (primary N) is 1. The predicted molar refractivity (Wildman–Crippen MR) is 109 cm³/mol. The number of carbonyl (C=O) groups excluding carboxylic acids is 3. The first-order chi connectivity index (χ1) is 16.3. The summed E-state index contributed by atoms with van der Waals surface area (Å²) in [5.74, 6) is -1.77. The third-order valence-electron chi connectivity index (χ3n) is 4.47. The van der Waals surface area contributed by atoms with Crippen molar-refractivity contribution in [2.45, 2.75) is 25.4 Å². The van der Waals surface area contributed by atoms with E-state index in [0.29, 0.717) is 16.9 Å². The number of nitrogen functional groups attached to an aromatic ring is 1. The minimum absolute atomic E-state index is 0.0263. The van der Waals surface area contributed by atoms with E-state index in [1.165, 1.54) is 6.20 Å². The minimum Gasteiger partial charge on any atom is -0.309 e. The number of carbonyl (C=O) groups is 3. The Balaban J connectivity index is 1.62. The van der Waals surface area contributed by atoms with Gasteiger partial charge in [0.1, 0.15) is 0 Å². The van der Waals surface area contributed by atoms with Gasteiger partial charge in [0.15, 0.2) is 11.2 Å². The number of nitrogens with zero attached hydrogens (tertiary/aromatic N) is 3. The number of fused-ring (bicyclic) bond motifs is 1. The van der Waals surface area contributed by atoms with Gasteiger partial charge in [-0.25, -0.2) is 9.97 Å². The summed E-state index contributed by atoms with van der Waals surface area (Å²) in [6.07, 6.45) is 1.45. The molecular weight excluding hydrogens is 816 g/mol. The van der Waals surface area contributed by atoms with Crippen molar-refractivity contribution in [2.24, 2.45) is 0 Å². The number of hydrogen-bond acceptors (Lipinski definition) is 11. The van der Waals surface area contributed by atoms with Crippen LogP contribution >= 0.6 is 0 Å². The molecule has 0 saturated heterocycles. The van der Waals surface area contributed by atoms with Gasteiger partial charge in [0.05, 0.1) is 6.20 Å². The molecular formula is C19H17Au2N7O6. The van der Waals surface area contributed by atoms with E-state index >= 15 is 0 Å². The van der Waals surface area contributed by atoms with Gasteiger partial charge in [-0.15, -0.1) is 0 Å². The van der Waals surface area contributed by atoms with Crippen LogP contribution in [0.2, 0.25) is 0 Å². The molecule has 0 radical (unpaired) electrons. The number of rotatable bonds is 9. The SMILES string of the molecule is Nc1nc(=O)c2nc(CNc3ccc(C(=O)N[C@@H](CCC(=O)[O][Au])C(=O)[O][Au])cc3)cnc2[nH]1. The van der Waals surface area contributed by atoms with Crippen molar-refractivity contribution in [2.75, 3.05) is 11.1 Å². The molecule has 186 valence electrons. The number of hydrogen-bond donors (Lipinski definition) is 4. The van der Waals surface area contributed by atoms with Crippen molar-refractivity contribution in [3.63, 3.8) is 0 Å². The van der Waals surface area contributed by atoms with Gasteiger partial charge in [-0.05, 0) is 0 Å². The first-order valence-electron chi connectivity index (χ1n) is 9.54. The molecule has 0 unspecified atom stereocenters. The maximum atomic E-state index is 12.5. The standard InChI is InChI=1S/C19H19N7O6.2Au/c20-19-25-15-14(17(30)26-19)23-11(8-22-15)7-21-10-3-1-9(2-4-10)16(29)24-12(18(31)32)5-6-13(27)28;;/h1-4,8,12,21H,5-7H2,(H,24,29)(H,27,28)(H,31,32)(H3,20,22,25,26,30);;/q;2*+1/p-2/t12-;;/m0../s1. The number of benzene rings is 1. The molecule has 0 bridgehead atoms. The minimum atomic E-state index is -1.01. The topological polar surface area (TPSA) is 191 Å². The molecule has 3 rings (SSSR count). The Morgan fingerprint density at radius 2 is 1.85 bits per heavy atom. The van der Waals surface area contributed by atoms with Gasteiger partial charge in [-0.3, -0.25) is 4.79 Å². The fraction of sp³-hybridized carbons (Fsp3) is 0.211. The van der Waals surface area contributed by atoms with E-state index < -0.39 is 29.4 Å². The van der Waals surface area contributed by atoms with E-state index in [-0.39, 0.29) is 36.5 Å². The molecule has 0 aliphatic heterocycles. The monoisotopic (exact) mass is 833 g/mol. The van der Waals surface area contributed by atoms with Gasteiger partial charge in [-0.1, -0.05) is 0 Å². The van der Waals surface area contributed by atoms with Crippen molar-refractivity contribution in [3.05, 3.63) is 52.1 Å². The van der Waals surface area contributed by atoms with Crippen LogP contribution in [-0.2, 0) is 65.6 Å². The Labute approximate surface area is 217 Å². The first-order valence-corrected chi connectivity index (χ1v) is 11.3. The van der Waals surface area contributed by atoms with E-state index in [9.17, 15) is 19.2 Å². The van der Waals surface area contributed by atoms with E-state index in [0.717, 1.165) is 0 Å². The van der Waals surface area contributed by atoms with Crippen LogP contribution < -0.4 is 21.9 Å². The van der Waals surface area contributed by atoms with Crippen molar-refractivity contribution in [1.82, 2.24) is 25.3 Å². The normalized spacial score (nSPS) is 11.5. The summed E-state index contributed by atoms with van der Waals surface area (Å²) in [5, 5.41) is 5.66. The molecule has 13 nitrogen and oxygen atoms in total. The predicted octanol–water partition coefficient (Wildman–Crippen LogP) is -0.204. The number of amides is 1. The van der Waals surface area contributed by atoms with Gasteiger partial charge < -0.3 is 10.7 Å². The fourth-order valence-electron chi connectivity index (χ4n) is 2.82. The molecule has 5 N–H and O–H groups in total. The fourth-order valence-corrected chi connectivity index (χ4v) is 3.35. The molecule has 1 aromatic carbocycles. The van der Waals surface area contributed by atoms with Crippen LogP contribution in [-0.4, -0.2) is 43.8 Å². The average molecular weight is 833 g/mol. The summed E-state index contributed by atoms with van der Waals surface area (Å²) in [4.78, 5) is 62.4. The second-order valence-electron chi connectivity index (χ2n) is 6.80. The smallest absolute Gasteiger partial charge is 0.164 e. The Bertz CT molecular complexity index is 1270. The maximum Gasteiger partial charge on any atom is 0.164 e. The van der Waals surface area contributed by atoms with Crippen molar-refractivity contribution < 1.29 is 63.8 Å². The van der Waals surface area contributed by atoms with Gasteiger partial charge in [0, 0.05) is 0 Å². The molecule has 0 saturated carbocycles. The van der Waals surface area contributed by atoms with Crippen LogP contribution in [0, 0.1) is 0 Å². The van der Waals surface area contributed by atoms with E-state index in [1.807, 2.05) is 0 Å². The van der Waals surface area contributed by atoms with E-state index in [4.69, 9.17) is 5.73 Å². The van der Waals surface area contributed by atoms with E-state index in [1.54, 1.807) is 67.2 Å². The van der Waals surface area contributed by atoms with Gasteiger partial charge in [0.2, 0.25) is 5.95 Å². The molecule has 15 heteroatoms. The molecule has 0 spiro atoms. The van der Waals surface area contributed by atoms with Crippen LogP contribution in [0.1, 0.15) is 28.9 Å². The summed E-state index contributed by atoms with van der Waals surface area (Å²) >= 11 is 3.24. The zero-order valence-corrected chi connectivity index (χ0v) is 21.4. The quantitative estimate of drug-likeness (QED) is 0.209. The Morgan fingerprint density at radius 3 is 2.53 bits per heavy atom.